The van der Waals surface area contributed by atoms with Gasteiger partial charge in [0.25, 0.3) is 0 Å². The van der Waals surface area contributed by atoms with Gasteiger partial charge in [0.05, 0.1) is 91.1 Å². The van der Waals surface area contributed by atoms with Crippen LogP contribution in [0.4, 0.5) is 0 Å². The average molecular weight is 1120 g/mol. The lowest BCUT2D eigenvalue weighted by Crippen LogP contribution is -2.39. The Morgan fingerprint density at radius 2 is 0.831 bits per heavy atom. The van der Waals surface area contributed by atoms with Crippen molar-refractivity contribution in [2.45, 2.75) is 84.1 Å². The number of hydrogen-bond donors (Lipinski definition) is 9. The Morgan fingerprint density at radius 3 is 1.26 bits per heavy atom. The molecule has 8 amide bonds. The summed E-state index contributed by atoms with van der Waals surface area (Å²) in [6.07, 6.45) is 4.40. The minimum Gasteiger partial charge on any atom is -0.377 e. The van der Waals surface area contributed by atoms with Gasteiger partial charge in [-0.15, -0.1) is 0 Å². The van der Waals surface area contributed by atoms with E-state index in [1.54, 1.807) is 14.0 Å². The second kappa shape index (κ2) is 51.8. The molecule has 10 N–H and O–H groups in total. The molecule has 0 saturated carbocycles. The molecule has 0 aromatic rings. The number of ether oxygens (including phenoxy) is 8. The summed E-state index contributed by atoms with van der Waals surface area (Å²) in [5, 5.41) is 21.7. The second-order valence-corrected chi connectivity index (χ2v) is 18.1. The number of carbonyl (C=O) groups is 10. The maximum Gasteiger partial charge on any atom is 0.246 e. The lowest BCUT2D eigenvalue weighted by atomic mass is 9.95. The Labute approximate surface area is 457 Å². The maximum atomic E-state index is 12.7. The van der Waals surface area contributed by atoms with Gasteiger partial charge in [0.15, 0.2) is 10.9 Å². The predicted octanol–water partition coefficient (Wildman–Crippen LogP) is -2.61. The molecule has 444 valence electrons. The Bertz CT molecular complexity index is 1670. The number of carbonyl (C=O) groups excluding carboxylic acids is 10. The first-order valence-electron chi connectivity index (χ1n) is 26.3. The Kier molecular flexibility index (Phi) is 48.5. The molecule has 0 unspecified atom stereocenters. The minimum absolute atomic E-state index is 0.0111. The summed E-state index contributed by atoms with van der Waals surface area (Å²) in [5.74, 6) is -2.88. The third-order valence-electron chi connectivity index (χ3n) is 10.4. The number of primary amides is 1. The molecule has 2 atom stereocenters. The van der Waals surface area contributed by atoms with E-state index in [0.29, 0.717) is 64.7 Å². The molecule has 0 heterocycles. The summed E-state index contributed by atoms with van der Waals surface area (Å²) in [6.45, 7) is 7.59. The van der Waals surface area contributed by atoms with Crippen molar-refractivity contribution >= 4 is 69.9 Å². The predicted molar refractivity (Wildman–Crippen MR) is 283 cm³/mol. The van der Waals surface area contributed by atoms with Gasteiger partial charge in [-0.05, 0) is 52.5 Å². The molecule has 0 aliphatic heterocycles. The highest BCUT2D eigenvalue weighted by atomic mass is 32.2. The Morgan fingerprint density at radius 1 is 0.442 bits per heavy atom. The molecule has 0 bridgehead atoms. The summed E-state index contributed by atoms with van der Waals surface area (Å²) in [7, 11) is 1.67. The molecular weight excluding hydrogens is 1030 g/mol. The number of amides is 8. The van der Waals surface area contributed by atoms with Crippen LogP contribution >= 0.6 is 11.8 Å². The van der Waals surface area contributed by atoms with Crippen LogP contribution in [0.5, 0.6) is 0 Å². The second-order valence-electron chi connectivity index (χ2n) is 17.0. The quantitative estimate of drug-likeness (QED) is 0.0282. The molecule has 0 aliphatic carbocycles. The summed E-state index contributed by atoms with van der Waals surface area (Å²) in [5.41, 5.74) is 5.28. The summed E-state index contributed by atoms with van der Waals surface area (Å²) in [6, 6.07) is -0.379. The van der Waals surface area contributed by atoms with Crippen LogP contribution in [0.1, 0.15) is 78.1 Å². The van der Waals surface area contributed by atoms with Gasteiger partial charge in [0.1, 0.15) is 26.4 Å². The number of nitrogens with one attached hydrogen (secondary N) is 8. The van der Waals surface area contributed by atoms with Gasteiger partial charge >= 0.3 is 0 Å². The van der Waals surface area contributed by atoms with E-state index in [2.05, 4.69) is 42.5 Å². The first kappa shape index (κ1) is 72.1. The van der Waals surface area contributed by atoms with Crippen LogP contribution in [0.25, 0.3) is 0 Å². The number of Topliss-reactive ketones (excluding diaryl/α,β-unsaturated/α-hetero) is 1. The third-order valence-corrected chi connectivity index (χ3v) is 11.2. The van der Waals surface area contributed by atoms with Crippen LogP contribution in [0, 0.1) is 5.92 Å². The van der Waals surface area contributed by atoms with Crippen molar-refractivity contribution in [3.8, 4) is 0 Å². The topological polar surface area (TPSA) is 367 Å². The van der Waals surface area contributed by atoms with Crippen molar-refractivity contribution in [3.63, 3.8) is 0 Å². The SMILES string of the molecule is CCNC(=O)[C@H](CCCCNC(=O)CCCC(=O)NCCOCCOCC(=O)NCCOCCOCC(=O)NCCCC[C@H](NC)C(N)=O)CC(=O)COCCOCCNC(=O)COCCOCCNC(=O)CSC(C)=O. The van der Waals surface area contributed by atoms with Crippen molar-refractivity contribution in [1.29, 1.82) is 0 Å². The van der Waals surface area contributed by atoms with E-state index in [0.717, 1.165) is 18.2 Å². The first-order chi connectivity index (χ1) is 37.2. The smallest absolute Gasteiger partial charge is 0.246 e. The van der Waals surface area contributed by atoms with E-state index >= 15 is 0 Å². The zero-order valence-corrected chi connectivity index (χ0v) is 46.3. The standard InChI is InChI=1S/C49H89N9O18S/c1-4-52-49(68)39(32-40(60)33-73-28-24-70-21-17-56-45(64)36-76-31-27-72-23-19-58-47(66)37-77-38(2)59)10-5-7-14-53-42(61)12-9-13-43(62)55-16-20-69-25-30-75-35-46(65)57-18-22-71-26-29-74-34-44(63)54-15-8-6-11-41(51-3)48(50)67/h39,41,51H,4-37H2,1-3H3,(H2,50,67)(H,52,68)(H,53,61)(H,54,63)(H,55,62)(H,56,64)(H,57,65)(H,58,66)/t39-,41+/m1/s1. The van der Waals surface area contributed by atoms with E-state index < -0.39 is 11.8 Å². The van der Waals surface area contributed by atoms with Crippen molar-refractivity contribution < 1.29 is 85.8 Å². The molecule has 0 aliphatic rings. The fraction of sp³-hybridized carbons (Fsp3) is 0.796. The molecule has 0 rings (SSSR count). The van der Waals surface area contributed by atoms with Gasteiger partial charge in [-0.25, -0.2) is 0 Å². The highest BCUT2D eigenvalue weighted by Crippen LogP contribution is 2.14. The average Bonchev–Trinajstić information content (AvgIpc) is 3.39. The van der Waals surface area contributed by atoms with Gasteiger partial charge in [0, 0.05) is 77.9 Å². The summed E-state index contributed by atoms with van der Waals surface area (Å²) in [4.78, 5) is 119. The summed E-state index contributed by atoms with van der Waals surface area (Å²) >= 11 is 0.931. The lowest BCUT2D eigenvalue weighted by molar-refractivity contribution is -0.131. The van der Waals surface area contributed by atoms with Crippen molar-refractivity contribution in [3.05, 3.63) is 0 Å². The fourth-order valence-electron chi connectivity index (χ4n) is 6.42. The number of thioether (sulfide) groups is 1. The molecule has 0 saturated heterocycles. The third kappa shape index (κ3) is 49.2. The minimum atomic E-state index is -0.539. The van der Waals surface area contributed by atoms with Crippen LogP contribution in [0.2, 0.25) is 0 Å². The number of likely N-dealkylation sites (N-methyl/N-ethyl adjacent to an activating group) is 1. The number of hydrogen-bond acceptors (Lipinski definition) is 20. The largest absolute Gasteiger partial charge is 0.377 e. The molecule has 0 aromatic heterocycles. The molecular formula is C49H89N9O18S. The lowest BCUT2D eigenvalue weighted by Gasteiger charge is -2.16. The van der Waals surface area contributed by atoms with Crippen molar-refractivity contribution in [2.24, 2.45) is 11.7 Å². The monoisotopic (exact) mass is 1120 g/mol. The first-order valence-corrected chi connectivity index (χ1v) is 27.3. The maximum absolute atomic E-state index is 12.7. The molecule has 28 heteroatoms. The highest BCUT2D eigenvalue weighted by molar-refractivity contribution is 8.14. The molecule has 27 nitrogen and oxygen atoms in total. The van der Waals surface area contributed by atoms with Crippen LogP contribution < -0.4 is 48.3 Å². The van der Waals surface area contributed by atoms with Gasteiger partial charge in [-0.2, -0.15) is 0 Å². The molecule has 0 radical (unpaired) electrons. The van der Waals surface area contributed by atoms with Gasteiger partial charge < -0.3 is 86.2 Å². The zero-order chi connectivity index (χ0) is 57.0. The van der Waals surface area contributed by atoms with E-state index in [9.17, 15) is 47.9 Å². The number of rotatable bonds is 54. The van der Waals surface area contributed by atoms with Crippen LogP contribution in [-0.4, -0.2) is 229 Å². The molecule has 0 spiro atoms. The molecule has 0 fully saturated rings. The van der Waals surface area contributed by atoms with Gasteiger partial charge in [-0.1, -0.05) is 18.2 Å². The molecule has 77 heavy (non-hydrogen) atoms. The number of unbranched alkanes of at least 4 members (excludes halogenated alkanes) is 2. The Hall–Kier alpha value is -4.91. The van der Waals surface area contributed by atoms with Crippen molar-refractivity contribution in [2.75, 3.05) is 164 Å². The molecule has 0 aromatic carbocycles. The van der Waals surface area contributed by atoms with E-state index in [-0.39, 0.29) is 209 Å². The van der Waals surface area contributed by atoms with E-state index in [4.69, 9.17) is 43.6 Å². The fourth-order valence-corrected chi connectivity index (χ4v) is 6.86. The van der Waals surface area contributed by atoms with Crippen molar-refractivity contribution in [1.82, 2.24) is 42.5 Å². The van der Waals surface area contributed by atoms with Gasteiger partial charge in [0.2, 0.25) is 47.3 Å². The van der Waals surface area contributed by atoms with Crippen LogP contribution in [0.15, 0.2) is 0 Å². The zero-order valence-electron chi connectivity index (χ0n) is 45.5. The number of nitrogens with two attached hydrogens (primary N) is 1. The number of ketones is 1. The van der Waals surface area contributed by atoms with Crippen LogP contribution in [0.3, 0.4) is 0 Å². The summed E-state index contributed by atoms with van der Waals surface area (Å²) < 4.78 is 42.8. The van der Waals surface area contributed by atoms with Crippen LogP contribution in [-0.2, 0) is 85.8 Å². The van der Waals surface area contributed by atoms with Gasteiger partial charge in [-0.3, -0.25) is 47.9 Å². The van der Waals surface area contributed by atoms with E-state index in [1.165, 1.54) is 6.92 Å². The normalized spacial score (nSPS) is 11.7. The van der Waals surface area contributed by atoms with E-state index in [1.807, 2.05) is 0 Å². The highest BCUT2D eigenvalue weighted by Gasteiger charge is 2.21. The Balaban J connectivity index is 3.81.